The number of rotatable bonds is 2. The van der Waals surface area contributed by atoms with Crippen LogP contribution in [0.5, 0.6) is 0 Å². The largest absolute Gasteiger partial charge is 0.445 e. The summed E-state index contributed by atoms with van der Waals surface area (Å²) >= 11 is 0. The number of ether oxygens (including phenoxy) is 1. The summed E-state index contributed by atoms with van der Waals surface area (Å²) < 4.78 is 5.43. The van der Waals surface area contributed by atoms with Crippen LogP contribution in [0.4, 0.5) is 4.79 Å². The summed E-state index contributed by atoms with van der Waals surface area (Å²) in [4.78, 5) is 20.1. The van der Waals surface area contributed by atoms with E-state index in [1.807, 2.05) is 35.4 Å². The fourth-order valence-corrected chi connectivity index (χ4v) is 3.32. The number of benzene rings is 1. The van der Waals surface area contributed by atoms with Crippen molar-refractivity contribution in [2.45, 2.75) is 52.0 Å². The predicted molar refractivity (Wildman–Crippen MR) is 92.2 cm³/mol. The molecule has 1 aromatic carbocycles. The van der Waals surface area contributed by atoms with Gasteiger partial charge in [-0.3, -0.25) is 4.84 Å². The highest BCUT2D eigenvalue weighted by molar-refractivity contribution is 5.68. The van der Waals surface area contributed by atoms with E-state index < -0.39 is 0 Å². The Bertz CT molecular complexity index is 621. The Labute approximate surface area is 143 Å². The zero-order chi connectivity index (χ0) is 17.3. The summed E-state index contributed by atoms with van der Waals surface area (Å²) in [6.07, 6.45) is 1.74. The molecular formula is C19H26N2O3. The average molecular weight is 330 g/mol. The zero-order valence-corrected chi connectivity index (χ0v) is 14.9. The lowest BCUT2D eigenvalue weighted by Gasteiger charge is -2.33. The van der Waals surface area contributed by atoms with Crippen LogP contribution >= 0.6 is 0 Å². The highest BCUT2D eigenvalue weighted by Gasteiger charge is 2.43. The molecule has 0 aliphatic carbocycles. The third kappa shape index (κ3) is 3.47. The van der Waals surface area contributed by atoms with E-state index in [-0.39, 0.29) is 23.8 Å². The molecule has 130 valence electrons. The van der Waals surface area contributed by atoms with Gasteiger partial charge in [-0.15, -0.1) is 0 Å². The molecule has 1 saturated heterocycles. The van der Waals surface area contributed by atoms with Gasteiger partial charge in [0, 0.05) is 12.1 Å². The quantitative estimate of drug-likeness (QED) is 0.780. The first-order valence-electron chi connectivity index (χ1n) is 8.48. The lowest BCUT2D eigenvalue weighted by Crippen LogP contribution is -2.43. The van der Waals surface area contributed by atoms with E-state index in [0.29, 0.717) is 19.7 Å². The maximum atomic E-state index is 12.3. The molecule has 1 fully saturated rings. The number of hydrogen-bond acceptors (Lipinski definition) is 4. The normalized spacial score (nSPS) is 24.5. The number of amides is 1. The summed E-state index contributed by atoms with van der Waals surface area (Å²) in [5.74, 6) is 0. The van der Waals surface area contributed by atoms with E-state index >= 15 is 0 Å². The average Bonchev–Trinajstić information content (AvgIpc) is 2.90. The summed E-state index contributed by atoms with van der Waals surface area (Å²) in [6, 6.07) is 9.95. The topological polar surface area (TPSA) is 42.0 Å². The van der Waals surface area contributed by atoms with Crippen LogP contribution < -0.4 is 0 Å². The molecule has 2 aliphatic rings. The van der Waals surface area contributed by atoms with Crippen LogP contribution in [0.15, 0.2) is 42.0 Å². The molecule has 2 heterocycles. The zero-order valence-electron chi connectivity index (χ0n) is 14.9. The Morgan fingerprint density at radius 3 is 2.67 bits per heavy atom. The molecule has 1 aromatic rings. The van der Waals surface area contributed by atoms with Crippen LogP contribution in [0.25, 0.3) is 0 Å². The van der Waals surface area contributed by atoms with E-state index in [9.17, 15) is 4.79 Å². The van der Waals surface area contributed by atoms with Crippen molar-refractivity contribution in [1.29, 1.82) is 0 Å². The molecule has 1 amide bonds. The first-order chi connectivity index (χ1) is 11.4. The molecule has 3 rings (SSSR count). The van der Waals surface area contributed by atoms with Crippen molar-refractivity contribution in [3.63, 3.8) is 0 Å². The molecule has 2 atom stereocenters. The minimum Gasteiger partial charge on any atom is -0.445 e. The van der Waals surface area contributed by atoms with Crippen molar-refractivity contribution < 1.29 is 14.4 Å². The molecule has 0 aromatic heterocycles. The summed E-state index contributed by atoms with van der Waals surface area (Å²) in [6.45, 7) is 9.96. The second-order valence-electron chi connectivity index (χ2n) is 7.42. The Balaban J connectivity index is 1.59. The molecular weight excluding hydrogens is 304 g/mol. The minimum atomic E-state index is -0.292. The van der Waals surface area contributed by atoms with Crippen LogP contribution in [-0.4, -0.2) is 46.8 Å². The molecule has 0 radical (unpaired) electrons. The van der Waals surface area contributed by atoms with Gasteiger partial charge in [0.05, 0.1) is 12.6 Å². The van der Waals surface area contributed by atoms with E-state index in [0.717, 1.165) is 5.56 Å². The lowest BCUT2D eigenvalue weighted by atomic mass is 9.98. The number of hydroxylamine groups is 2. The molecule has 0 saturated carbocycles. The van der Waals surface area contributed by atoms with E-state index in [4.69, 9.17) is 9.57 Å². The van der Waals surface area contributed by atoms with Gasteiger partial charge >= 0.3 is 6.09 Å². The van der Waals surface area contributed by atoms with Gasteiger partial charge in [-0.25, -0.2) is 4.79 Å². The van der Waals surface area contributed by atoms with Crippen LogP contribution in [0.1, 0.15) is 33.3 Å². The maximum Gasteiger partial charge on any atom is 0.410 e. The van der Waals surface area contributed by atoms with E-state index in [2.05, 4.69) is 33.8 Å². The second-order valence-corrected chi connectivity index (χ2v) is 7.42. The highest BCUT2D eigenvalue weighted by Crippen LogP contribution is 2.35. The number of hydrogen-bond donors (Lipinski definition) is 0. The van der Waals surface area contributed by atoms with Crippen molar-refractivity contribution in [1.82, 2.24) is 9.96 Å². The number of fused-ring (bicyclic) bond motifs is 1. The fourth-order valence-electron chi connectivity index (χ4n) is 3.32. The van der Waals surface area contributed by atoms with Gasteiger partial charge in [0.1, 0.15) is 12.7 Å². The summed E-state index contributed by atoms with van der Waals surface area (Å²) in [5.41, 5.74) is 2.18. The molecule has 5 heteroatoms. The predicted octanol–water partition coefficient (Wildman–Crippen LogP) is 3.37. The molecule has 5 nitrogen and oxygen atoms in total. The SMILES string of the molecule is C[C@H]1C2=CCN(C(=O)OCc3ccccc3)C[C@@H]2ON1C(C)(C)C. The van der Waals surface area contributed by atoms with Gasteiger partial charge in [-0.1, -0.05) is 36.4 Å². The Morgan fingerprint density at radius 2 is 2.00 bits per heavy atom. The monoisotopic (exact) mass is 330 g/mol. The highest BCUT2D eigenvalue weighted by atomic mass is 16.7. The standard InChI is InChI=1S/C19H26N2O3/c1-14-16-10-11-20(12-17(16)24-21(14)19(2,3)4)18(22)23-13-15-8-6-5-7-9-15/h5-10,14,17H,11-13H2,1-4H3/t14-,17-/m0/s1. The van der Waals surface area contributed by atoms with E-state index in [1.54, 1.807) is 4.90 Å². The van der Waals surface area contributed by atoms with Crippen LogP contribution in [-0.2, 0) is 16.2 Å². The van der Waals surface area contributed by atoms with Gasteiger partial charge < -0.3 is 9.64 Å². The molecule has 24 heavy (non-hydrogen) atoms. The van der Waals surface area contributed by atoms with Gasteiger partial charge in [-0.05, 0) is 38.8 Å². The Hall–Kier alpha value is -1.85. The first-order valence-corrected chi connectivity index (χ1v) is 8.48. The van der Waals surface area contributed by atoms with Crippen LogP contribution in [0, 0.1) is 0 Å². The number of carbonyl (C=O) groups excluding carboxylic acids is 1. The third-order valence-corrected chi connectivity index (χ3v) is 4.50. The Kier molecular flexibility index (Phi) is 4.65. The minimum absolute atomic E-state index is 0.0720. The first kappa shape index (κ1) is 17.0. The van der Waals surface area contributed by atoms with Gasteiger partial charge in [0.2, 0.25) is 0 Å². The molecule has 0 spiro atoms. The van der Waals surface area contributed by atoms with Crippen molar-refractivity contribution in [3.05, 3.63) is 47.5 Å². The van der Waals surface area contributed by atoms with Crippen LogP contribution in [0.2, 0.25) is 0 Å². The fraction of sp³-hybridized carbons (Fsp3) is 0.526. The molecule has 2 aliphatic heterocycles. The molecule has 0 bridgehead atoms. The smallest absolute Gasteiger partial charge is 0.410 e. The number of nitrogens with zero attached hydrogens (tertiary/aromatic N) is 2. The maximum absolute atomic E-state index is 12.3. The van der Waals surface area contributed by atoms with Gasteiger partial charge in [-0.2, -0.15) is 5.06 Å². The van der Waals surface area contributed by atoms with Crippen molar-refractivity contribution in [2.75, 3.05) is 13.1 Å². The number of carbonyl (C=O) groups is 1. The summed E-state index contributed by atoms with van der Waals surface area (Å²) in [5, 5.41) is 2.03. The van der Waals surface area contributed by atoms with E-state index in [1.165, 1.54) is 5.57 Å². The summed E-state index contributed by atoms with van der Waals surface area (Å²) in [7, 11) is 0. The Morgan fingerprint density at radius 1 is 1.29 bits per heavy atom. The van der Waals surface area contributed by atoms with Crippen molar-refractivity contribution in [2.24, 2.45) is 0 Å². The third-order valence-electron chi connectivity index (χ3n) is 4.50. The molecule has 0 N–H and O–H groups in total. The second kappa shape index (κ2) is 6.57. The van der Waals surface area contributed by atoms with Gasteiger partial charge in [0.15, 0.2) is 0 Å². The lowest BCUT2D eigenvalue weighted by molar-refractivity contribution is -0.211. The van der Waals surface area contributed by atoms with Crippen LogP contribution in [0.3, 0.4) is 0 Å². The van der Waals surface area contributed by atoms with Crippen molar-refractivity contribution >= 4 is 6.09 Å². The van der Waals surface area contributed by atoms with Crippen molar-refractivity contribution in [3.8, 4) is 0 Å². The van der Waals surface area contributed by atoms with Gasteiger partial charge in [0.25, 0.3) is 0 Å². The molecule has 0 unspecified atom stereocenters.